The predicted octanol–water partition coefficient (Wildman–Crippen LogP) is 1.98. The van der Waals surface area contributed by atoms with Crippen LogP contribution in [0.25, 0.3) is 0 Å². The molecule has 0 rings (SSSR count). The van der Waals surface area contributed by atoms with E-state index < -0.39 is 0 Å². The Kier molecular flexibility index (Phi) is 10.6. The summed E-state index contributed by atoms with van der Waals surface area (Å²) >= 11 is 0. The minimum absolute atomic E-state index is 0.100. The highest BCUT2D eigenvalue weighted by molar-refractivity contribution is 5.77. The normalized spacial score (nSPS) is 11.2. The molecule has 0 amide bonds. The molecule has 0 aromatic heterocycles. The maximum atomic E-state index is 11.1. The lowest BCUT2D eigenvalue weighted by Gasteiger charge is -2.05. The van der Waals surface area contributed by atoms with Crippen LogP contribution in [0.2, 0.25) is 0 Å². The van der Waals surface area contributed by atoms with Crippen LogP contribution in [-0.2, 0) is 9.53 Å². The molecule has 0 fully saturated rings. The SMILES string of the molecule is C=C(C)CN=C(N)NCCCCCCC(=O)OCC. The van der Waals surface area contributed by atoms with Crippen molar-refractivity contribution in [3.8, 4) is 0 Å². The number of hydrogen-bond acceptors (Lipinski definition) is 3. The van der Waals surface area contributed by atoms with E-state index in [0.717, 1.165) is 37.8 Å². The fraction of sp³-hybridized carbons (Fsp3) is 0.714. The molecule has 110 valence electrons. The summed E-state index contributed by atoms with van der Waals surface area (Å²) in [6, 6.07) is 0. The predicted molar refractivity (Wildman–Crippen MR) is 79.0 cm³/mol. The van der Waals surface area contributed by atoms with Gasteiger partial charge < -0.3 is 15.8 Å². The average Bonchev–Trinajstić information content (AvgIpc) is 2.35. The lowest BCUT2D eigenvalue weighted by Crippen LogP contribution is -2.32. The van der Waals surface area contributed by atoms with Crippen LogP contribution in [0.3, 0.4) is 0 Å². The molecule has 0 heterocycles. The smallest absolute Gasteiger partial charge is 0.305 e. The molecular formula is C14H27N3O2. The quantitative estimate of drug-likeness (QED) is 0.209. The van der Waals surface area contributed by atoms with E-state index in [1.165, 1.54) is 0 Å². The van der Waals surface area contributed by atoms with Crippen molar-refractivity contribution < 1.29 is 9.53 Å². The first-order chi connectivity index (χ1) is 9.06. The van der Waals surface area contributed by atoms with Crippen molar-refractivity contribution in [1.82, 2.24) is 5.32 Å². The van der Waals surface area contributed by atoms with Crippen LogP contribution < -0.4 is 11.1 Å². The standard InChI is InChI=1S/C14H27N3O2/c1-4-19-13(18)9-7-5-6-8-10-16-14(15)17-11-12(2)3/h2,4-11H2,1,3H3,(H3,15,16,17). The van der Waals surface area contributed by atoms with Crippen molar-refractivity contribution in [2.75, 3.05) is 19.7 Å². The molecule has 0 aliphatic heterocycles. The molecule has 0 saturated carbocycles. The summed E-state index contributed by atoms with van der Waals surface area (Å²) in [6.07, 6.45) is 4.52. The van der Waals surface area contributed by atoms with Crippen molar-refractivity contribution in [2.45, 2.75) is 46.0 Å². The molecule has 0 aliphatic rings. The topological polar surface area (TPSA) is 76.7 Å². The molecule has 0 radical (unpaired) electrons. The third-order valence-electron chi connectivity index (χ3n) is 2.44. The number of hydrogen-bond donors (Lipinski definition) is 2. The van der Waals surface area contributed by atoms with Crippen LogP contribution in [0.1, 0.15) is 46.0 Å². The van der Waals surface area contributed by atoms with Gasteiger partial charge in [-0.25, -0.2) is 4.99 Å². The van der Waals surface area contributed by atoms with Gasteiger partial charge in [0.15, 0.2) is 5.96 Å². The molecule has 0 saturated heterocycles. The van der Waals surface area contributed by atoms with Gasteiger partial charge in [-0.05, 0) is 26.7 Å². The fourth-order valence-electron chi connectivity index (χ4n) is 1.47. The number of nitrogens with one attached hydrogen (secondary N) is 1. The number of nitrogens with zero attached hydrogens (tertiary/aromatic N) is 1. The summed E-state index contributed by atoms with van der Waals surface area (Å²) < 4.78 is 4.86. The second-order valence-corrected chi connectivity index (χ2v) is 4.55. The number of rotatable bonds is 10. The zero-order valence-corrected chi connectivity index (χ0v) is 12.2. The zero-order chi connectivity index (χ0) is 14.5. The van der Waals surface area contributed by atoms with Gasteiger partial charge in [0.1, 0.15) is 0 Å². The average molecular weight is 269 g/mol. The molecule has 3 N–H and O–H groups in total. The van der Waals surface area contributed by atoms with Crippen LogP contribution in [0.4, 0.5) is 0 Å². The summed E-state index contributed by atoms with van der Waals surface area (Å²) in [7, 11) is 0. The van der Waals surface area contributed by atoms with E-state index in [9.17, 15) is 4.79 Å². The third-order valence-corrected chi connectivity index (χ3v) is 2.44. The Labute approximate surface area is 116 Å². The number of nitrogens with two attached hydrogens (primary N) is 1. The van der Waals surface area contributed by atoms with E-state index in [0.29, 0.717) is 25.5 Å². The monoisotopic (exact) mass is 269 g/mol. The number of aliphatic imine (C=N–C) groups is 1. The first-order valence-electron chi connectivity index (χ1n) is 6.90. The van der Waals surface area contributed by atoms with Crippen molar-refractivity contribution in [3.63, 3.8) is 0 Å². The Bertz CT molecular complexity index is 301. The van der Waals surface area contributed by atoms with E-state index in [1.54, 1.807) is 0 Å². The molecule has 0 aromatic carbocycles. The number of carbonyl (C=O) groups is 1. The van der Waals surface area contributed by atoms with E-state index in [2.05, 4.69) is 16.9 Å². The Morgan fingerprint density at radius 1 is 1.32 bits per heavy atom. The van der Waals surface area contributed by atoms with Crippen LogP contribution >= 0.6 is 0 Å². The van der Waals surface area contributed by atoms with Crippen LogP contribution in [-0.4, -0.2) is 31.6 Å². The van der Waals surface area contributed by atoms with Gasteiger partial charge in [-0.2, -0.15) is 0 Å². The third kappa shape index (κ3) is 12.7. The first-order valence-corrected chi connectivity index (χ1v) is 6.90. The maximum Gasteiger partial charge on any atom is 0.305 e. The molecule has 0 spiro atoms. The summed E-state index contributed by atoms with van der Waals surface area (Å²) in [4.78, 5) is 15.2. The number of carbonyl (C=O) groups excluding carboxylic acids is 1. The molecule has 0 aliphatic carbocycles. The second kappa shape index (κ2) is 11.6. The Balaban J connectivity index is 3.38. The van der Waals surface area contributed by atoms with E-state index in [1.807, 2.05) is 13.8 Å². The minimum atomic E-state index is -0.100. The van der Waals surface area contributed by atoms with Crippen molar-refractivity contribution in [3.05, 3.63) is 12.2 Å². The highest BCUT2D eigenvalue weighted by Gasteiger charge is 2.00. The molecule has 19 heavy (non-hydrogen) atoms. The van der Waals surface area contributed by atoms with Gasteiger partial charge in [0.25, 0.3) is 0 Å². The zero-order valence-electron chi connectivity index (χ0n) is 12.2. The number of guanidine groups is 1. The maximum absolute atomic E-state index is 11.1. The van der Waals surface area contributed by atoms with Gasteiger partial charge in [-0.15, -0.1) is 0 Å². The van der Waals surface area contributed by atoms with Crippen molar-refractivity contribution >= 4 is 11.9 Å². The fourth-order valence-corrected chi connectivity index (χ4v) is 1.47. The highest BCUT2D eigenvalue weighted by atomic mass is 16.5. The van der Waals surface area contributed by atoms with Crippen LogP contribution in [0.15, 0.2) is 17.1 Å². The second-order valence-electron chi connectivity index (χ2n) is 4.55. The van der Waals surface area contributed by atoms with Gasteiger partial charge in [0.05, 0.1) is 13.2 Å². The van der Waals surface area contributed by atoms with Gasteiger partial charge in [-0.3, -0.25) is 4.79 Å². The molecule has 5 heteroatoms. The summed E-state index contributed by atoms with van der Waals surface area (Å²) in [5.41, 5.74) is 6.66. The molecule has 0 unspecified atom stereocenters. The van der Waals surface area contributed by atoms with Crippen LogP contribution in [0, 0.1) is 0 Å². The van der Waals surface area contributed by atoms with Crippen molar-refractivity contribution in [1.29, 1.82) is 0 Å². The Morgan fingerprint density at radius 3 is 2.63 bits per heavy atom. The summed E-state index contributed by atoms with van der Waals surface area (Å²) in [5, 5.41) is 3.05. The largest absolute Gasteiger partial charge is 0.466 e. The van der Waals surface area contributed by atoms with Gasteiger partial charge >= 0.3 is 5.97 Å². The lowest BCUT2D eigenvalue weighted by atomic mass is 10.1. The molecule has 0 aromatic rings. The van der Waals surface area contributed by atoms with Gasteiger partial charge in [-0.1, -0.05) is 25.0 Å². The van der Waals surface area contributed by atoms with E-state index >= 15 is 0 Å². The number of unbranched alkanes of at least 4 members (excludes halogenated alkanes) is 3. The number of esters is 1. The lowest BCUT2D eigenvalue weighted by molar-refractivity contribution is -0.143. The van der Waals surface area contributed by atoms with E-state index in [4.69, 9.17) is 10.5 Å². The molecular weight excluding hydrogens is 242 g/mol. The Hall–Kier alpha value is -1.52. The number of ether oxygens (including phenoxy) is 1. The highest BCUT2D eigenvalue weighted by Crippen LogP contribution is 2.03. The summed E-state index contributed by atoms with van der Waals surface area (Å²) in [5.74, 6) is 0.367. The first kappa shape index (κ1) is 17.5. The minimum Gasteiger partial charge on any atom is -0.466 e. The Morgan fingerprint density at radius 2 is 2.00 bits per heavy atom. The summed E-state index contributed by atoms with van der Waals surface area (Å²) in [6.45, 7) is 9.34. The van der Waals surface area contributed by atoms with Gasteiger partial charge in [0, 0.05) is 13.0 Å². The van der Waals surface area contributed by atoms with Crippen molar-refractivity contribution in [2.24, 2.45) is 10.7 Å². The van der Waals surface area contributed by atoms with E-state index in [-0.39, 0.29) is 5.97 Å². The molecule has 5 nitrogen and oxygen atoms in total. The van der Waals surface area contributed by atoms with Gasteiger partial charge in [0.2, 0.25) is 0 Å². The van der Waals surface area contributed by atoms with Crippen LogP contribution in [0.5, 0.6) is 0 Å². The molecule has 0 bridgehead atoms. The molecule has 0 atom stereocenters.